The number of aryl methyl sites for hydroxylation is 1. The molecule has 2 rings (SSSR count). The fourth-order valence-electron chi connectivity index (χ4n) is 3.28. The summed E-state index contributed by atoms with van der Waals surface area (Å²) in [6.07, 6.45) is 1.71. The molecule has 174 valence electrons. The van der Waals surface area contributed by atoms with E-state index in [0.717, 1.165) is 29.0 Å². The van der Waals surface area contributed by atoms with Crippen molar-refractivity contribution in [3.8, 4) is 11.5 Å². The minimum absolute atomic E-state index is 0.0587. The zero-order valence-corrected chi connectivity index (χ0v) is 19.9. The number of nitrogens with one attached hydrogen (secondary N) is 1. The standard InChI is InChI=1S/C26H36N2O4/c1-6-20(3)27-26(30)21(4)28(18-22-10-7-9-19(2)17-22)25(29)11-8-16-32-24-14-12-23(31-5)13-15-24/h7,9-10,12-15,17,20-21H,6,8,11,16,18H2,1-5H3,(H,27,30)/t20-,21-/m1/s1. The Morgan fingerprint density at radius 1 is 1.06 bits per heavy atom. The summed E-state index contributed by atoms with van der Waals surface area (Å²) in [6, 6.07) is 14.9. The van der Waals surface area contributed by atoms with Gasteiger partial charge in [0.05, 0.1) is 13.7 Å². The fraction of sp³-hybridized carbons (Fsp3) is 0.462. The van der Waals surface area contributed by atoms with Gasteiger partial charge in [0.1, 0.15) is 17.5 Å². The number of hydrogen-bond acceptors (Lipinski definition) is 4. The molecule has 0 bridgehead atoms. The first kappa shape index (κ1) is 25.2. The predicted molar refractivity (Wildman–Crippen MR) is 127 cm³/mol. The number of hydrogen-bond donors (Lipinski definition) is 1. The lowest BCUT2D eigenvalue weighted by molar-refractivity contribution is -0.141. The van der Waals surface area contributed by atoms with Crippen molar-refractivity contribution < 1.29 is 19.1 Å². The molecule has 0 aliphatic heterocycles. The van der Waals surface area contributed by atoms with Crippen LogP contribution in [-0.4, -0.2) is 42.5 Å². The van der Waals surface area contributed by atoms with Crippen molar-refractivity contribution in [2.45, 2.75) is 65.6 Å². The van der Waals surface area contributed by atoms with Crippen LogP contribution in [0, 0.1) is 6.92 Å². The Balaban J connectivity index is 1.99. The third kappa shape index (κ3) is 7.91. The van der Waals surface area contributed by atoms with E-state index in [9.17, 15) is 9.59 Å². The highest BCUT2D eigenvalue weighted by Crippen LogP contribution is 2.18. The van der Waals surface area contributed by atoms with E-state index in [4.69, 9.17) is 9.47 Å². The van der Waals surface area contributed by atoms with Crippen LogP contribution in [0.15, 0.2) is 48.5 Å². The van der Waals surface area contributed by atoms with Crippen LogP contribution in [0.2, 0.25) is 0 Å². The lowest BCUT2D eigenvalue weighted by Gasteiger charge is -2.30. The number of rotatable bonds is 12. The maximum absolute atomic E-state index is 13.1. The van der Waals surface area contributed by atoms with Crippen molar-refractivity contribution in [1.29, 1.82) is 0 Å². The molecule has 0 aliphatic carbocycles. The van der Waals surface area contributed by atoms with E-state index >= 15 is 0 Å². The third-order valence-corrected chi connectivity index (χ3v) is 5.47. The van der Waals surface area contributed by atoms with Crippen LogP contribution in [0.3, 0.4) is 0 Å². The van der Waals surface area contributed by atoms with Gasteiger partial charge in [-0.1, -0.05) is 36.8 Å². The van der Waals surface area contributed by atoms with Gasteiger partial charge in [-0.2, -0.15) is 0 Å². The van der Waals surface area contributed by atoms with Gasteiger partial charge in [-0.05, 0) is 63.4 Å². The Morgan fingerprint density at radius 2 is 1.75 bits per heavy atom. The van der Waals surface area contributed by atoms with Gasteiger partial charge in [-0.15, -0.1) is 0 Å². The van der Waals surface area contributed by atoms with Gasteiger partial charge in [0.2, 0.25) is 11.8 Å². The summed E-state index contributed by atoms with van der Waals surface area (Å²) in [5.74, 6) is 1.31. The van der Waals surface area contributed by atoms with Crippen LogP contribution in [0.5, 0.6) is 11.5 Å². The van der Waals surface area contributed by atoms with Gasteiger partial charge in [0.15, 0.2) is 0 Å². The average molecular weight is 441 g/mol. The molecule has 0 aromatic heterocycles. The fourth-order valence-corrected chi connectivity index (χ4v) is 3.28. The van der Waals surface area contributed by atoms with Gasteiger partial charge >= 0.3 is 0 Å². The Bertz CT molecular complexity index is 866. The Labute approximate surface area is 191 Å². The molecule has 0 aliphatic rings. The molecule has 0 spiro atoms. The molecule has 2 atom stereocenters. The molecular weight excluding hydrogens is 404 g/mol. The second kappa shape index (κ2) is 12.7. The highest BCUT2D eigenvalue weighted by molar-refractivity contribution is 5.87. The smallest absolute Gasteiger partial charge is 0.242 e. The molecule has 0 saturated heterocycles. The van der Waals surface area contributed by atoms with Gasteiger partial charge in [0, 0.05) is 19.0 Å². The molecule has 2 aromatic carbocycles. The van der Waals surface area contributed by atoms with E-state index in [-0.39, 0.29) is 17.9 Å². The Morgan fingerprint density at radius 3 is 2.38 bits per heavy atom. The Hall–Kier alpha value is -3.02. The molecule has 32 heavy (non-hydrogen) atoms. The maximum Gasteiger partial charge on any atom is 0.242 e. The van der Waals surface area contributed by atoms with Crippen molar-refractivity contribution in [2.24, 2.45) is 0 Å². The topological polar surface area (TPSA) is 67.9 Å². The van der Waals surface area contributed by atoms with E-state index in [0.29, 0.717) is 26.0 Å². The minimum Gasteiger partial charge on any atom is -0.497 e. The summed E-state index contributed by atoms with van der Waals surface area (Å²) in [5.41, 5.74) is 2.13. The van der Waals surface area contributed by atoms with E-state index in [1.54, 1.807) is 18.9 Å². The number of amides is 2. The minimum atomic E-state index is -0.556. The van der Waals surface area contributed by atoms with Crippen LogP contribution >= 0.6 is 0 Å². The van der Waals surface area contributed by atoms with Crippen LogP contribution in [0.4, 0.5) is 0 Å². The lowest BCUT2D eigenvalue weighted by Crippen LogP contribution is -2.49. The Kier molecular flexibility index (Phi) is 10.1. The SMILES string of the molecule is CC[C@@H](C)NC(=O)[C@@H](C)N(Cc1cccc(C)c1)C(=O)CCCOc1ccc(OC)cc1. The van der Waals surface area contributed by atoms with E-state index in [1.165, 1.54) is 0 Å². The number of carbonyl (C=O) groups excluding carboxylic acids is 2. The van der Waals surface area contributed by atoms with Gasteiger partial charge in [0.25, 0.3) is 0 Å². The quantitative estimate of drug-likeness (QED) is 0.494. The zero-order valence-electron chi connectivity index (χ0n) is 19.9. The largest absolute Gasteiger partial charge is 0.497 e. The third-order valence-electron chi connectivity index (χ3n) is 5.47. The monoisotopic (exact) mass is 440 g/mol. The van der Waals surface area contributed by atoms with Crippen molar-refractivity contribution in [2.75, 3.05) is 13.7 Å². The summed E-state index contributed by atoms with van der Waals surface area (Å²) in [5, 5.41) is 2.99. The van der Waals surface area contributed by atoms with Crippen LogP contribution in [0.25, 0.3) is 0 Å². The van der Waals surface area contributed by atoms with Crippen LogP contribution < -0.4 is 14.8 Å². The number of methoxy groups -OCH3 is 1. The zero-order chi connectivity index (χ0) is 23.5. The average Bonchev–Trinajstić information content (AvgIpc) is 2.80. The molecular formula is C26H36N2O4. The van der Waals surface area contributed by atoms with E-state index in [2.05, 4.69) is 5.32 Å². The first-order chi connectivity index (χ1) is 15.3. The van der Waals surface area contributed by atoms with E-state index in [1.807, 2.05) is 69.3 Å². The summed E-state index contributed by atoms with van der Waals surface area (Å²) < 4.78 is 10.9. The second-order valence-corrected chi connectivity index (χ2v) is 8.13. The van der Waals surface area contributed by atoms with Crippen molar-refractivity contribution >= 4 is 11.8 Å². The van der Waals surface area contributed by atoms with Crippen molar-refractivity contribution in [1.82, 2.24) is 10.2 Å². The predicted octanol–water partition coefficient (Wildman–Crippen LogP) is 4.49. The summed E-state index contributed by atoms with van der Waals surface area (Å²) in [6.45, 7) is 8.62. The highest BCUT2D eigenvalue weighted by Gasteiger charge is 2.26. The first-order valence-corrected chi connectivity index (χ1v) is 11.3. The number of benzene rings is 2. The van der Waals surface area contributed by atoms with Crippen LogP contribution in [-0.2, 0) is 16.1 Å². The van der Waals surface area contributed by atoms with Crippen molar-refractivity contribution in [3.63, 3.8) is 0 Å². The molecule has 2 aromatic rings. The van der Waals surface area contributed by atoms with Gasteiger partial charge in [-0.3, -0.25) is 9.59 Å². The molecule has 1 N–H and O–H groups in total. The molecule has 0 saturated carbocycles. The molecule has 0 radical (unpaired) electrons. The lowest BCUT2D eigenvalue weighted by atomic mass is 10.1. The number of nitrogens with zero attached hydrogens (tertiary/aromatic N) is 1. The normalized spacial score (nSPS) is 12.5. The van der Waals surface area contributed by atoms with Crippen LogP contribution in [0.1, 0.15) is 51.2 Å². The van der Waals surface area contributed by atoms with Gasteiger partial charge in [-0.25, -0.2) is 0 Å². The summed E-state index contributed by atoms with van der Waals surface area (Å²) in [4.78, 5) is 27.5. The second-order valence-electron chi connectivity index (χ2n) is 8.13. The van der Waals surface area contributed by atoms with Gasteiger partial charge < -0.3 is 19.7 Å². The molecule has 6 nitrogen and oxygen atoms in total. The first-order valence-electron chi connectivity index (χ1n) is 11.3. The molecule has 0 fully saturated rings. The van der Waals surface area contributed by atoms with Crippen molar-refractivity contribution in [3.05, 3.63) is 59.7 Å². The van der Waals surface area contributed by atoms with E-state index < -0.39 is 6.04 Å². The number of ether oxygens (including phenoxy) is 2. The number of carbonyl (C=O) groups is 2. The highest BCUT2D eigenvalue weighted by atomic mass is 16.5. The molecule has 2 amide bonds. The summed E-state index contributed by atoms with van der Waals surface area (Å²) in [7, 11) is 1.62. The summed E-state index contributed by atoms with van der Waals surface area (Å²) >= 11 is 0. The molecule has 0 heterocycles. The maximum atomic E-state index is 13.1. The molecule has 0 unspecified atom stereocenters. The molecule has 6 heteroatoms.